The van der Waals surface area contributed by atoms with Crippen molar-refractivity contribution in [1.29, 1.82) is 0 Å². The Morgan fingerprint density at radius 3 is 2.61 bits per heavy atom. The highest BCUT2D eigenvalue weighted by Gasteiger charge is 2.30. The van der Waals surface area contributed by atoms with Gasteiger partial charge in [0.2, 0.25) is 5.95 Å². The van der Waals surface area contributed by atoms with Gasteiger partial charge in [0.1, 0.15) is 6.33 Å². The Morgan fingerprint density at radius 2 is 1.87 bits per heavy atom. The third-order valence-corrected chi connectivity index (χ3v) is 2.94. The minimum Gasteiger partial charge on any atom is -0.324 e. The average molecular weight is 317 g/mol. The molecule has 0 saturated carbocycles. The lowest BCUT2D eigenvalue weighted by Gasteiger charge is -2.10. The summed E-state index contributed by atoms with van der Waals surface area (Å²) < 4.78 is 38.1. The van der Waals surface area contributed by atoms with Crippen LogP contribution in [0.15, 0.2) is 55.1 Å². The summed E-state index contributed by atoms with van der Waals surface area (Å²) in [5, 5.41) is 2.74. The standard InChI is InChI=1S/C15H10F3N5/c16-15(17,18)11-4-1-5-12(7-11)22-14-21-9-20-13(23-14)10-3-2-6-19-8-10/h1-9H,(H,20,21,22,23). The number of hydrogen-bond donors (Lipinski definition) is 1. The number of benzene rings is 1. The fourth-order valence-corrected chi connectivity index (χ4v) is 1.89. The highest BCUT2D eigenvalue weighted by atomic mass is 19.4. The molecular formula is C15H10F3N5. The third kappa shape index (κ3) is 3.60. The van der Waals surface area contributed by atoms with E-state index in [0.717, 1.165) is 12.1 Å². The second-order valence-electron chi connectivity index (χ2n) is 4.58. The van der Waals surface area contributed by atoms with Gasteiger partial charge in [-0.1, -0.05) is 6.07 Å². The average Bonchev–Trinajstić information content (AvgIpc) is 2.55. The van der Waals surface area contributed by atoms with Crippen LogP contribution >= 0.6 is 0 Å². The molecule has 0 aliphatic carbocycles. The van der Waals surface area contributed by atoms with Crippen LogP contribution in [-0.4, -0.2) is 19.9 Å². The lowest BCUT2D eigenvalue weighted by molar-refractivity contribution is -0.137. The summed E-state index contributed by atoms with van der Waals surface area (Å²) in [5.74, 6) is 0.528. The largest absolute Gasteiger partial charge is 0.416 e. The number of pyridine rings is 1. The molecule has 0 spiro atoms. The van der Waals surface area contributed by atoms with Crippen LogP contribution in [0.1, 0.15) is 5.56 Å². The number of alkyl halides is 3. The van der Waals surface area contributed by atoms with Crippen molar-refractivity contribution in [2.75, 3.05) is 5.32 Å². The fourth-order valence-electron chi connectivity index (χ4n) is 1.89. The molecule has 5 nitrogen and oxygen atoms in total. The van der Waals surface area contributed by atoms with Crippen molar-refractivity contribution in [1.82, 2.24) is 19.9 Å². The van der Waals surface area contributed by atoms with Crippen molar-refractivity contribution in [3.63, 3.8) is 0 Å². The Hall–Kier alpha value is -3.03. The number of hydrogen-bond acceptors (Lipinski definition) is 5. The number of aromatic nitrogens is 4. The van der Waals surface area contributed by atoms with E-state index < -0.39 is 11.7 Å². The predicted molar refractivity (Wildman–Crippen MR) is 77.8 cm³/mol. The molecule has 0 unspecified atom stereocenters. The second kappa shape index (κ2) is 5.99. The molecule has 0 aliphatic rings. The van der Waals surface area contributed by atoms with Crippen LogP contribution in [0.3, 0.4) is 0 Å². The van der Waals surface area contributed by atoms with E-state index in [1.54, 1.807) is 24.5 Å². The molecule has 3 rings (SSSR count). The molecule has 0 aliphatic heterocycles. The van der Waals surface area contributed by atoms with E-state index in [4.69, 9.17) is 0 Å². The van der Waals surface area contributed by atoms with Gasteiger partial charge >= 0.3 is 6.18 Å². The Labute approximate surface area is 129 Å². The van der Waals surface area contributed by atoms with E-state index >= 15 is 0 Å². The minimum atomic E-state index is -4.41. The molecule has 8 heteroatoms. The van der Waals surface area contributed by atoms with Crippen LogP contribution in [0, 0.1) is 0 Å². The van der Waals surface area contributed by atoms with Crippen molar-refractivity contribution < 1.29 is 13.2 Å². The van der Waals surface area contributed by atoms with Crippen LogP contribution in [0.25, 0.3) is 11.4 Å². The molecule has 1 aromatic carbocycles. The fraction of sp³-hybridized carbons (Fsp3) is 0.0667. The van der Waals surface area contributed by atoms with Crippen molar-refractivity contribution in [3.05, 3.63) is 60.7 Å². The van der Waals surface area contributed by atoms with Crippen LogP contribution in [0.5, 0.6) is 0 Å². The number of rotatable bonds is 3. The Kier molecular flexibility index (Phi) is 3.88. The first-order valence-corrected chi connectivity index (χ1v) is 6.56. The maximum absolute atomic E-state index is 12.7. The summed E-state index contributed by atoms with van der Waals surface area (Å²) in [5.41, 5.74) is 0.175. The van der Waals surface area contributed by atoms with Crippen LogP contribution in [0.4, 0.5) is 24.8 Å². The summed E-state index contributed by atoms with van der Waals surface area (Å²) in [7, 11) is 0. The van der Waals surface area contributed by atoms with Gasteiger partial charge in [-0.25, -0.2) is 9.97 Å². The first-order valence-electron chi connectivity index (χ1n) is 6.56. The van der Waals surface area contributed by atoms with E-state index in [0.29, 0.717) is 11.4 Å². The molecule has 2 aromatic heterocycles. The number of nitrogens with zero attached hydrogens (tertiary/aromatic N) is 4. The Bertz CT molecular complexity index is 805. The Balaban J connectivity index is 1.87. The topological polar surface area (TPSA) is 63.6 Å². The van der Waals surface area contributed by atoms with E-state index in [2.05, 4.69) is 25.3 Å². The zero-order chi connectivity index (χ0) is 16.3. The van der Waals surface area contributed by atoms with Gasteiger partial charge in [0.15, 0.2) is 5.82 Å². The van der Waals surface area contributed by atoms with Gasteiger partial charge in [0.05, 0.1) is 5.56 Å². The molecule has 0 radical (unpaired) electrons. The van der Waals surface area contributed by atoms with Crippen LogP contribution in [-0.2, 0) is 6.18 Å². The van der Waals surface area contributed by atoms with Gasteiger partial charge in [0.25, 0.3) is 0 Å². The maximum atomic E-state index is 12.7. The number of anilines is 2. The summed E-state index contributed by atoms with van der Waals surface area (Å²) in [6.45, 7) is 0. The normalized spacial score (nSPS) is 11.3. The predicted octanol–water partition coefficient (Wildman–Crippen LogP) is 3.70. The molecule has 0 bridgehead atoms. The summed E-state index contributed by atoms with van der Waals surface area (Å²) in [4.78, 5) is 16.1. The Morgan fingerprint density at radius 1 is 1.00 bits per heavy atom. The molecule has 2 heterocycles. The van der Waals surface area contributed by atoms with Gasteiger partial charge in [-0.15, -0.1) is 0 Å². The lowest BCUT2D eigenvalue weighted by atomic mass is 10.2. The molecule has 0 saturated heterocycles. The van der Waals surface area contributed by atoms with Crippen molar-refractivity contribution in [3.8, 4) is 11.4 Å². The quantitative estimate of drug-likeness (QED) is 0.798. The first kappa shape index (κ1) is 14.9. The van der Waals surface area contributed by atoms with Crippen molar-refractivity contribution in [2.24, 2.45) is 0 Å². The third-order valence-electron chi connectivity index (χ3n) is 2.94. The van der Waals surface area contributed by atoms with Gasteiger partial charge in [-0.05, 0) is 30.3 Å². The number of halogens is 3. The summed E-state index contributed by atoms with van der Waals surface area (Å²) >= 11 is 0. The molecule has 0 atom stereocenters. The summed E-state index contributed by atoms with van der Waals surface area (Å²) in [6.07, 6.45) is 0.0822. The SMILES string of the molecule is FC(F)(F)c1cccc(Nc2ncnc(-c3cccnc3)n2)c1. The molecule has 0 amide bonds. The van der Waals surface area contributed by atoms with Gasteiger partial charge in [-0.2, -0.15) is 18.2 Å². The van der Waals surface area contributed by atoms with Gasteiger partial charge in [0, 0.05) is 23.6 Å². The smallest absolute Gasteiger partial charge is 0.324 e. The molecule has 0 fully saturated rings. The second-order valence-corrected chi connectivity index (χ2v) is 4.58. The zero-order valence-corrected chi connectivity index (χ0v) is 11.6. The van der Waals surface area contributed by atoms with E-state index in [1.807, 2.05) is 0 Å². The monoisotopic (exact) mass is 317 g/mol. The van der Waals surface area contributed by atoms with Crippen molar-refractivity contribution >= 4 is 11.6 Å². The van der Waals surface area contributed by atoms with E-state index in [-0.39, 0.29) is 11.6 Å². The zero-order valence-electron chi connectivity index (χ0n) is 11.6. The molecule has 3 aromatic rings. The first-order chi connectivity index (χ1) is 11.0. The summed E-state index contributed by atoms with van der Waals surface area (Å²) in [6, 6.07) is 8.32. The van der Waals surface area contributed by atoms with E-state index in [9.17, 15) is 13.2 Å². The molecule has 1 N–H and O–H groups in total. The molecule has 23 heavy (non-hydrogen) atoms. The van der Waals surface area contributed by atoms with Gasteiger partial charge in [-0.3, -0.25) is 4.98 Å². The number of nitrogens with one attached hydrogen (secondary N) is 1. The minimum absolute atomic E-state index is 0.151. The van der Waals surface area contributed by atoms with Crippen LogP contribution < -0.4 is 5.32 Å². The molecule has 116 valence electrons. The highest BCUT2D eigenvalue weighted by molar-refractivity contribution is 5.58. The van der Waals surface area contributed by atoms with Crippen molar-refractivity contribution in [2.45, 2.75) is 6.18 Å². The molecular weight excluding hydrogens is 307 g/mol. The van der Waals surface area contributed by atoms with E-state index in [1.165, 1.54) is 18.5 Å². The van der Waals surface area contributed by atoms with Gasteiger partial charge < -0.3 is 5.32 Å². The lowest BCUT2D eigenvalue weighted by Crippen LogP contribution is -2.06. The highest BCUT2D eigenvalue weighted by Crippen LogP contribution is 2.31. The maximum Gasteiger partial charge on any atom is 0.416 e. The van der Waals surface area contributed by atoms with Crippen LogP contribution in [0.2, 0.25) is 0 Å².